The van der Waals surface area contributed by atoms with E-state index in [4.69, 9.17) is 5.11 Å². The van der Waals surface area contributed by atoms with Crippen molar-refractivity contribution in [3.8, 4) is 0 Å². The molecule has 0 amide bonds. The van der Waals surface area contributed by atoms with Gasteiger partial charge in [-0.1, -0.05) is 6.07 Å². The van der Waals surface area contributed by atoms with Gasteiger partial charge < -0.3 is 10.0 Å². The van der Waals surface area contributed by atoms with E-state index >= 15 is 0 Å². The zero-order valence-corrected chi connectivity index (χ0v) is 11.5. The van der Waals surface area contributed by atoms with Gasteiger partial charge in [-0.2, -0.15) is 4.39 Å². The van der Waals surface area contributed by atoms with Crippen molar-refractivity contribution in [2.24, 2.45) is 5.92 Å². The molecule has 1 heterocycles. The van der Waals surface area contributed by atoms with Gasteiger partial charge in [0, 0.05) is 19.2 Å². The van der Waals surface area contributed by atoms with Gasteiger partial charge >= 0.3 is 11.7 Å². The highest BCUT2D eigenvalue weighted by atomic mass is 19.1. The third kappa shape index (κ3) is 3.98. The summed E-state index contributed by atoms with van der Waals surface area (Å²) in [6.07, 6.45) is 2.06. The van der Waals surface area contributed by atoms with Gasteiger partial charge in [0.2, 0.25) is 5.82 Å². The average molecular weight is 296 g/mol. The fourth-order valence-electron chi connectivity index (χ4n) is 2.60. The largest absolute Gasteiger partial charge is 0.481 e. The van der Waals surface area contributed by atoms with Crippen molar-refractivity contribution in [1.82, 2.24) is 4.90 Å². The van der Waals surface area contributed by atoms with Crippen LogP contribution in [0.2, 0.25) is 0 Å². The zero-order valence-electron chi connectivity index (χ0n) is 11.5. The molecule has 0 aliphatic carbocycles. The molecule has 1 fully saturated rings. The summed E-state index contributed by atoms with van der Waals surface area (Å²) in [5, 5.41) is 19.7. The number of hydrogen-bond donors (Lipinski definition) is 1. The lowest BCUT2D eigenvalue weighted by atomic mass is 9.98. The van der Waals surface area contributed by atoms with E-state index in [1.54, 1.807) is 0 Å². The van der Waals surface area contributed by atoms with E-state index in [2.05, 4.69) is 0 Å². The number of nitrogens with zero attached hydrogens (tertiary/aromatic N) is 2. The summed E-state index contributed by atoms with van der Waals surface area (Å²) in [4.78, 5) is 23.0. The number of carbonyl (C=O) groups is 1. The molecule has 7 heteroatoms. The molecule has 1 aliphatic rings. The monoisotopic (exact) mass is 296 g/mol. The maximum atomic E-state index is 13.2. The van der Waals surface area contributed by atoms with Crippen LogP contribution in [-0.4, -0.2) is 40.5 Å². The minimum absolute atomic E-state index is 0.346. The first-order valence-corrected chi connectivity index (χ1v) is 6.85. The predicted molar refractivity (Wildman–Crippen MR) is 73.6 cm³/mol. The number of aliphatic carboxylic acids is 1. The summed E-state index contributed by atoms with van der Waals surface area (Å²) in [7, 11) is 0. The first-order chi connectivity index (χ1) is 9.97. The maximum absolute atomic E-state index is 13.2. The van der Waals surface area contributed by atoms with Gasteiger partial charge in [0.05, 0.1) is 10.8 Å². The Morgan fingerprint density at radius 1 is 1.52 bits per heavy atom. The number of rotatable bonds is 5. The summed E-state index contributed by atoms with van der Waals surface area (Å²) < 4.78 is 13.2. The number of piperidine rings is 1. The molecule has 1 aromatic carbocycles. The van der Waals surface area contributed by atoms with Gasteiger partial charge in [-0.05, 0) is 37.4 Å². The fraction of sp³-hybridized carbons (Fsp3) is 0.500. The van der Waals surface area contributed by atoms with Crippen molar-refractivity contribution in [3.05, 3.63) is 39.7 Å². The molecule has 0 saturated carbocycles. The Bertz CT molecular complexity index is 550. The lowest BCUT2D eigenvalue weighted by Gasteiger charge is -2.30. The smallest absolute Gasteiger partial charge is 0.307 e. The van der Waals surface area contributed by atoms with E-state index in [1.165, 1.54) is 12.1 Å². The van der Waals surface area contributed by atoms with E-state index in [0.29, 0.717) is 31.5 Å². The molecule has 0 aromatic heterocycles. The van der Waals surface area contributed by atoms with Crippen molar-refractivity contribution in [2.75, 3.05) is 19.6 Å². The quantitative estimate of drug-likeness (QED) is 0.664. The molecular weight excluding hydrogens is 279 g/mol. The SMILES string of the molecule is O=C(O)C1CCCN(CCc2ccc(F)c([N+](=O)[O-])c2)C1. The van der Waals surface area contributed by atoms with Crippen molar-refractivity contribution in [1.29, 1.82) is 0 Å². The predicted octanol–water partition coefficient (Wildman–Crippen LogP) is 2.07. The summed E-state index contributed by atoms with van der Waals surface area (Å²) in [5.41, 5.74) is 0.162. The molecule has 6 nitrogen and oxygen atoms in total. The number of halogens is 1. The number of nitro benzene ring substituents is 1. The normalized spacial score (nSPS) is 19.4. The highest BCUT2D eigenvalue weighted by molar-refractivity contribution is 5.70. The standard InChI is InChI=1S/C14H17FN2O4/c15-12-4-3-10(8-13(12)17(20)21)5-7-16-6-1-2-11(9-16)14(18)19/h3-4,8,11H,1-2,5-7,9H2,(H,18,19). The van der Waals surface area contributed by atoms with Crippen LogP contribution >= 0.6 is 0 Å². The second kappa shape index (κ2) is 6.62. The number of nitro groups is 1. The summed E-state index contributed by atoms with van der Waals surface area (Å²) in [6.45, 7) is 1.94. The van der Waals surface area contributed by atoms with Gasteiger partial charge in [0.1, 0.15) is 0 Å². The molecule has 1 atom stereocenters. The van der Waals surface area contributed by atoms with Crippen LogP contribution < -0.4 is 0 Å². The zero-order chi connectivity index (χ0) is 15.4. The Kier molecular flexibility index (Phi) is 4.85. The second-order valence-electron chi connectivity index (χ2n) is 5.27. The summed E-state index contributed by atoms with van der Waals surface area (Å²) in [6, 6.07) is 3.87. The van der Waals surface area contributed by atoms with Crippen LogP contribution in [0.4, 0.5) is 10.1 Å². The van der Waals surface area contributed by atoms with Crippen LogP contribution in [0, 0.1) is 21.8 Å². The summed E-state index contributed by atoms with van der Waals surface area (Å²) >= 11 is 0. The first-order valence-electron chi connectivity index (χ1n) is 6.85. The molecule has 114 valence electrons. The van der Waals surface area contributed by atoms with Crippen molar-refractivity contribution in [3.63, 3.8) is 0 Å². The Balaban J connectivity index is 1.95. The molecule has 0 radical (unpaired) electrons. The fourth-order valence-corrected chi connectivity index (χ4v) is 2.60. The molecule has 2 rings (SSSR count). The number of carboxylic acids is 1. The molecule has 1 aromatic rings. The molecule has 1 saturated heterocycles. The second-order valence-corrected chi connectivity index (χ2v) is 5.27. The Morgan fingerprint density at radius 2 is 2.29 bits per heavy atom. The number of likely N-dealkylation sites (tertiary alicyclic amines) is 1. The highest BCUT2D eigenvalue weighted by Crippen LogP contribution is 2.20. The van der Waals surface area contributed by atoms with Gasteiger partial charge in [0.15, 0.2) is 0 Å². The third-order valence-electron chi connectivity index (χ3n) is 3.78. The minimum Gasteiger partial charge on any atom is -0.481 e. The van der Waals surface area contributed by atoms with E-state index in [9.17, 15) is 19.3 Å². The van der Waals surface area contributed by atoms with E-state index in [-0.39, 0.29) is 5.92 Å². The van der Waals surface area contributed by atoms with Crippen LogP contribution in [0.1, 0.15) is 18.4 Å². The van der Waals surface area contributed by atoms with Crippen LogP contribution in [0.25, 0.3) is 0 Å². The lowest BCUT2D eigenvalue weighted by Crippen LogP contribution is -2.39. The third-order valence-corrected chi connectivity index (χ3v) is 3.78. The van der Waals surface area contributed by atoms with Gasteiger partial charge in [0.25, 0.3) is 0 Å². The molecule has 1 aliphatic heterocycles. The van der Waals surface area contributed by atoms with E-state index in [1.807, 2.05) is 4.90 Å². The van der Waals surface area contributed by atoms with Crippen LogP contribution in [0.3, 0.4) is 0 Å². The number of hydrogen-bond acceptors (Lipinski definition) is 4. The molecule has 1 N–H and O–H groups in total. The molecular formula is C14H17FN2O4. The summed E-state index contributed by atoms with van der Waals surface area (Å²) in [5.74, 6) is -1.97. The Labute approximate surface area is 121 Å². The molecule has 21 heavy (non-hydrogen) atoms. The topological polar surface area (TPSA) is 83.7 Å². The van der Waals surface area contributed by atoms with E-state index < -0.39 is 22.4 Å². The van der Waals surface area contributed by atoms with Crippen LogP contribution in [0.5, 0.6) is 0 Å². The number of carboxylic acid groups (broad SMARTS) is 1. The Morgan fingerprint density at radius 3 is 2.95 bits per heavy atom. The van der Waals surface area contributed by atoms with Gasteiger partial charge in [-0.15, -0.1) is 0 Å². The highest BCUT2D eigenvalue weighted by Gasteiger charge is 2.25. The molecule has 0 spiro atoms. The molecule has 0 bridgehead atoms. The maximum Gasteiger partial charge on any atom is 0.307 e. The van der Waals surface area contributed by atoms with Crippen LogP contribution in [0.15, 0.2) is 18.2 Å². The lowest BCUT2D eigenvalue weighted by molar-refractivity contribution is -0.387. The van der Waals surface area contributed by atoms with Crippen molar-refractivity contribution in [2.45, 2.75) is 19.3 Å². The van der Waals surface area contributed by atoms with Crippen molar-refractivity contribution >= 4 is 11.7 Å². The average Bonchev–Trinajstić information content (AvgIpc) is 2.46. The van der Waals surface area contributed by atoms with Crippen molar-refractivity contribution < 1.29 is 19.2 Å². The van der Waals surface area contributed by atoms with Crippen LogP contribution in [-0.2, 0) is 11.2 Å². The van der Waals surface area contributed by atoms with Gasteiger partial charge in [-0.25, -0.2) is 0 Å². The van der Waals surface area contributed by atoms with Gasteiger partial charge in [-0.3, -0.25) is 14.9 Å². The van der Waals surface area contributed by atoms with E-state index in [0.717, 1.165) is 19.0 Å². The molecule has 1 unspecified atom stereocenters. The minimum atomic E-state index is -0.840. The first kappa shape index (κ1) is 15.4. The Hall–Kier alpha value is -2.02. The number of benzene rings is 1.